The summed E-state index contributed by atoms with van der Waals surface area (Å²) >= 11 is 0. The fourth-order valence-corrected chi connectivity index (χ4v) is 2.14. The molecule has 0 saturated carbocycles. The van der Waals surface area contributed by atoms with Gasteiger partial charge in [-0.1, -0.05) is 0 Å². The summed E-state index contributed by atoms with van der Waals surface area (Å²) in [5.74, 6) is 0.695. The van der Waals surface area contributed by atoms with E-state index in [0.29, 0.717) is 18.8 Å². The molecule has 0 unspecified atom stereocenters. The summed E-state index contributed by atoms with van der Waals surface area (Å²) < 4.78 is 12.7. The molecule has 0 aliphatic carbocycles. The summed E-state index contributed by atoms with van der Waals surface area (Å²) in [6, 6.07) is 7.78. The molecule has 3 aromatic rings. The van der Waals surface area contributed by atoms with E-state index >= 15 is 0 Å². The second kappa shape index (κ2) is 5.10. The predicted octanol–water partition coefficient (Wildman–Crippen LogP) is 2.88. The van der Waals surface area contributed by atoms with Crippen LogP contribution < -0.4 is 4.74 Å². The van der Waals surface area contributed by atoms with Crippen molar-refractivity contribution in [2.24, 2.45) is 0 Å². The number of nitriles is 1. The average Bonchev–Trinajstić information content (AvgIpc) is 3.06. The lowest BCUT2D eigenvalue weighted by Gasteiger charge is -2.06. The summed E-state index contributed by atoms with van der Waals surface area (Å²) in [7, 11) is 0. The molecule has 5 heteroatoms. The van der Waals surface area contributed by atoms with E-state index in [9.17, 15) is 0 Å². The van der Waals surface area contributed by atoms with Crippen molar-refractivity contribution in [3.8, 4) is 11.8 Å². The average molecular weight is 267 g/mol. The maximum atomic E-state index is 8.89. The fourth-order valence-electron chi connectivity index (χ4n) is 2.14. The molecule has 3 heterocycles. The number of ether oxygens (including phenoxy) is 1. The van der Waals surface area contributed by atoms with Crippen LogP contribution in [-0.2, 0) is 13.0 Å². The van der Waals surface area contributed by atoms with E-state index in [4.69, 9.17) is 14.4 Å². The highest BCUT2D eigenvalue weighted by Gasteiger charge is 2.12. The number of fused-ring (bicyclic) bond motifs is 1. The number of nitrogens with zero attached hydrogens (tertiary/aromatic N) is 3. The molecule has 0 amide bonds. The summed E-state index contributed by atoms with van der Waals surface area (Å²) in [5, 5.41) is 8.89. The Labute approximate surface area is 116 Å². The standard InChI is InChI=1S/C15H13N3O2/c1-11-13(4-6-16)18-7-2-3-14(15(18)17-11)20-10-12-5-8-19-9-12/h2-3,5,7-9H,4,10H2,1H3. The topological polar surface area (TPSA) is 63.5 Å². The fraction of sp³-hybridized carbons (Fsp3) is 0.200. The van der Waals surface area contributed by atoms with Crippen LogP contribution in [0, 0.1) is 18.3 Å². The van der Waals surface area contributed by atoms with Crippen molar-refractivity contribution in [3.63, 3.8) is 0 Å². The molecular formula is C15H13N3O2. The summed E-state index contributed by atoms with van der Waals surface area (Å²) in [4.78, 5) is 4.50. The van der Waals surface area contributed by atoms with Crippen molar-refractivity contribution in [2.45, 2.75) is 20.0 Å². The highest BCUT2D eigenvalue weighted by Crippen LogP contribution is 2.23. The summed E-state index contributed by atoms with van der Waals surface area (Å²) in [6.45, 7) is 2.33. The molecule has 20 heavy (non-hydrogen) atoms. The molecule has 0 fully saturated rings. The molecule has 0 saturated heterocycles. The Hall–Kier alpha value is -2.74. The first-order chi connectivity index (χ1) is 9.79. The van der Waals surface area contributed by atoms with E-state index in [2.05, 4.69) is 11.1 Å². The van der Waals surface area contributed by atoms with Gasteiger partial charge in [0.2, 0.25) is 0 Å². The van der Waals surface area contributed by atoms with E-state index < -0.39 is 0 Å². The van der Waals surface area contributed by atoms with E-state index in [1.807, 2.05) is 35.7 Å². The first kappa shape index (κ1) is 12.3. The van der Waals surface area contributed by atoms with Crippen molar-refractivity contribution in [3.05, 3.63) is 53.9 Å². The second-order valence-corrected chi connectivity index (χ2v) is 4.47. The van der Waals surface area contributed by atoms with Crippen LogP contribution in [0.4, 0.5) is 0 Å². The number of rotatable bonds is 4. The van der Waals surface area contributed by atoms with Gasteiger partial charge in [0.1, 0.15) is 6.61 Å². The number of aryl methyl sites for hydroxylation is 1. The maximum absolute atomic E-state index is 8.89. The molecule has 0 bridgehead atoms. The van der Waals surface area contributed by atoms with Crippen molar-refractivity contribution in [1.29, 1.82) is 5.26 Å². The zero-order chi connectivity index (χ0) is 13.9. The highest BCUT2D eigenvalue weighted by atomic mass is 16.5. The van der Waals surface area contributed by atoms with Crippen LogP contribution in [0.5, 0.6) is 5.75 Å². The Morgan fingerprint density at radius 3 is 3.10 bits per heavy atom. The SMILES string of the molecule is Cc1nc2c(OCc3ccoc3)cccn2c1CC#N. The van der Waals surface area contributed by atoms with Gasteiger partial charge in [-0.3, -0.25) is 4.40 Å². The van der Waals surface area contributed by atoms with Gasteiger partial charge >= 0.3 is 0 Å². The van der Waals surface area contributed by atoms with Gasteiger partial charge in [-0.2, -0.15) is 5.26 Å². The minimum atomic E-state index is 0.332. The van der Waals surface area contributed by atoms with E-state index in [1.54, 1.807) is 12.5 Å². The van der Waals surface area contributed by atoms with Gasteiger partial charge in [0.05, 0.1) is 36.4 Å². The number of pyridine rings is 1. The number of hydrogen-bond acceptors (Lipinski definition) is 4. The molecule has 3 aromatic heterocycles. The Bertz CT molecular complexity index is 766. The van der Waals surface area contributed by atoms with Gasteiger partial charge in [-0.15, -0.1) is 0 Å². The van der Waals surface area contributed by atoms with Crippen LogP contribution in [0.1, 0.15) is 17.0 Å². The lowest BCUT2D eigenvalue weighted by Crippen LogP contribution is -1.98. The lowest BCUT2D eigenvalue weighted by atomic mass is 10.3. The molecule has 0 aromatic carbocycles. The highest BCUT2D eigenvalue weighted by molar-refractivity contribution is 5.56. The Morgan fingerprint density at radius 2 is 2.35 bits per heavy atom. The monoisotopic (exact) mass is 267 g/mol. The van der Waals surface area contributed by atoms with Crippen LogP contribution in [0.15, 0.2) is 41.3 Å². The van der Waals surface area contributed by atoms with E-state index in [1.165, 1.54) is 0 Å². The van der Waals surface area contributed by atoms with Crippen LogP contribution >= 0.6 is 0 Å². The molecular weight excluding hydrogens is 254 g/mol. The van der Waals surface area contributed by atoms with Gasteiger partial charge < -0.3 is 9.15 Å². The molecule has 0 aliphatic rings. The largest absolute Gasteiger partial charge is 0.485 e. The number of aromatic nitrogens is 2. The van der Waals surface area contributed by atoms with Crippen LogP contribution in [0.2, 0.25) is 0 Å². The van der Waals surface area contributed by atoms with Gasteiger partial charge in [0.15, 0.2) is 11.4 Å². The molecule has 0 atom stereocenters. The zero-order valence-electron chi connectivity index (χ0n) is 11.0. The molecule has 0 radical (unpaired) electrons. The normalized spacial score (nSPS) is 10.6. The third-order valence-corrected chi connectivity index (χ3v) is 3.13. The molecule has 0 aliphatic heterocycles. The predicted molar refractivity (Wildman–Crippen MR) is 72.3 cm³/mol. The smallest absolute Gasteiger partial charge is 0.180 e. The van der Waals surface area contributed by atoms with Gasteiger partial charge in [0.25, 0.3) is 0 Å². The lowest BCUT2D eigenvalue weighted by molar-refractivity contribution is 0.306. The third-order valence-electron chi connectivity index (χ3n) is 3.13. The first-order valence-corrected chi connectivity index (χ1v) is 6.27. The molecule has 0 N–H and O–H groups in total. The van der Waals surface area contributed by atoms with Crippen molar-refractivity contribution >= 4 is 5.65 Å². The first-order valence-electron chi connectivity index (χ1n) is 6.27. The molecule has 3 rings (SSSR count). The molecule has 100 valence electrons. The van der Waals surface area contributed by atoms with Gasteiger partial charge in [-0.25, -0.2) is 4.98 Å². The van der Waals surface area contributed by atoms with Gasteiger partial charge in [-0.05, 0) is 25.1 Å². The number of imidazole rings is 1. The number of hydrogen-bond donors (Lipinski definition) is 0. The minimum absolute atomic E-state index is 0.332. The quantitative estimate of drug-likeness (QED) is 0.729. The van der Waals surface area contributed by atoms with E-state index in [0.717, 1.165) is 22.6 Å². The van der Waals surface area contributed by atoms with Crippen molar-refractivity contribution < 1.29 is 9.15 Å². The Kier molecular flexibility index (Phi) is 3.13. The molecule has 5 nitrogen and oxygen atoms in total. The number of furan rings is 1. The maximum Gasteiger partial charge on any atom is 0.180 e. The van der Waals surface area contributed by atoms with Crippen LogP contribution in [0.3, 0.4) is 0 Å². The third kappa shape index (κ3) is 2.12. The van der Waals surface area contributed by atoms with Crippen molar-refractivity contribution in [2.75, 3.05) is 0 Å². The summed E-state index contributed by atoms with van der Waals surface area (Å²) in [6.07, 6.45) is 5.49. The van der Waals surface area contributed by atoms with Crippen LogP contribution in [-0.4, -0.2) is 9.38 Å². The van der Waals surface area contributed by atoms with Crippen LogP contribution in [0.25, 0.3) is 5.65 Å². The zero-order valence-corrected chi connectivity index (χ0v) is 11.0. The minimum Gasteiger partial charge on any atom is -0.485 e. The Morgan fingerprint density at radius 1 is 1.45 bits per heavy atom. The van der Waals surface area contributed by atoms with E-state index in [-0.39, 0.29) is 0 Å². The van der Waals surface area contributed by atoms with Gasteiger partial charge in [0, 0.05) is 11.8 Å². The second-order valence-electron chi connectivity index (χ2n) is 4.47. The Balaban J connectivity index is 1.95. The van der Waals surface area contributed by atoms with Crippen molar-refractivity contribution in [1.82, 2.24) is 9.38 Å². The summed E-state index contributed by atoms with van der Waals surface area (Å²) in [5.41, 5.74) is 3.45. The molecule has 0 spiro atoms.